The molecule has 1 aromatic rings. The van der Waals surface area contributed by atoms with Crippen LogP contribution in [0.1, 0.15) is 25.8 Å². The Hall–Kier alpha value is -1.85. The van der Waals surface area contributed by atoms with Crippen LogP contribution in [0.5, 0.6) is 11.5 Å². The molecule has 1 aromatic carbocycles. The van der Waals surface area contributed by atoms with Gasteiger partial charge in [0.15, 0.2) is 17.5 Å². The lowest BCUT2D eigenvalue weighted by molar-refractivity contribution is -0.140. The first-order valence-corrected chi connectivity index (χ1v) is 8.30. The summed E-state index contributed by atoms with van der Waals surface area (Å²) in [5.41, 5.74) is 0.460. The van der Waals surface area contributed by atoms with Gasteiger partial charge in [-0.15, -0.1) is 24.0 Å². The predicted molar refractivity (Wildman–Crippen MR) is 109 cm³/mol. The zero-order valence-electron chi connectivity index (χ0n) is 15.6. The van der Waals surface area contributed by atoms with Crippen molar-refractivity contribution in [2.75, 3.05) is 26.8 Å². The fraction of sp³-hybridized carbons (Fsp3) is 0.529. The van der Waals surface area contributed by atoms with Gasteiger partial charge in [-0.25, -0.2) is 4.99 Å². The molecule has 0 aromatic heterocycles. The van der Waals surface area contributed by atoms with E-state index in [1.165, 1.54) is 7.11 Å². The number of benzene rings is 1. The van der Waals surface area contributed by atoms with Crippen molar-refractivity contribution in [3.8, 4) is 11.5 Å². The molecule has 0 radical (unpaired) electrons. The molecule has 0 aliphatic rings. The molecule has 0 atom stereocenters. The topological polar surface area (TPSA) is 81.2 Å². The summed E-state index contributed by atoms with van der Waals surface area (Å²) < 4.78 is 40.0. The number of halogens is 3. The summed E-state index contributed by atoms with van der Waals surface area (Å²) in [7, 11) is 1.32. The fourth-order valence-corrected chi connectivity index (χ4v) is 2.07. The molecule has 0 unspecified atom stereocenters. The van der Waals surface area contributed by atoms with Gasteiger partial charge in [-0.3, -0.25) is 4.79 Å². The summed E-state index contributed by atoms with van der Waals surface area (Å²) in [5.74, 6) is 0.314. The lowest BCUT2D eigenvalue weighted by atomic mass is 10.2. The maximum absolute atomic E-state index is 12.7. The number of nitrogens with zero attached hydrogens (tertiary/aromatic N) is 1. The first-order chi connectivity index (χ1) is 12.5. The highest BCUT2D eigenvalue weighted by atomic mass is 127. The molecule has 0 saturated carbocycles. The van der Waals surface area contributed by atoms with E-state index in [0.717, 1.165) is 0 Å². The molecule has 0 saturated heterocycles. The van der Waals surface area contributed by atoms with Crippen LogP contribution in [0.25, 0.3) is 0 Å². The third-order valence-electron chi connectivity index (χ3n) is 3.17. The third kappa shape index (κ3) is 9.59. The largest absolute Gasteiger partial charge is 0.490 e. The molecule has 1 rings (SSSR count). The van der Waals surface area contributed by atoms with E-state index >= 15 is 0 Å². The van der Waals surface area contributed by atoms with Crippen LogP contribution in [0.2, 0.25) is 0 Å². The standard InChI is InChI=1S/C17H25F2N3O4.HI/c1-4-20-17(21-10-9-14(23)24-3)22-11-12-7-6-8-13(25-5-2)15(12)26-16(18)19;/h6-8,16H,4-5,9-11H2,1-3H3,(H2,20,21,22);1H. The lowest BCUT2D eigenvalue weighted by Gasteiger charge is -2.15. The van der Waals surface area contributed by atoms with Crippen molar-refractivity contribution in [2.24, 2.45) is 4.99 Å². The second kappa shape index (κ2) is 14.2. The molecule has 0 heterocycles. The number of hydrogen-bond acceptors (Lipinski definition) is 5. The fourth-order valence-electron chi connectivity index (χ4n) is 2.07. The summed E-state index contributed by atoms with van der Waals surface area (Å²) in [4.78, 5) is 15.5. The summed E-state index contributed by atoms with van der Waals surface area (Å²) in [6.45, 7) is 2.03. The van der Waals surface area contributed by atoms with Crippen molar-refractivity contribution < 1.29 is 27.8 Å². The van der Waals surface area contributed by atoms with Crippen molar-refractivity contribution in [2.45, 2.75) is 33.4 Å². The number of nitrogens with one attached hydrogen (secondary N) is 2. The van der Waals surface area contributed by atoms with E-state index in [1.807, 2.05) is 6.92 Å². The Kier molecular flexibility index (Phi) is 13.3. The molecular formula is C17H26F2IN3O4. The van der Waals surface area contributed by atoms with Crippen LogP contribution in [-0.2, 0) is 16.1 Å². The summed E-state index contributed by atoms with van der Waals surface area (Å²) in [6, 6.07) is 4.89. The zero-order chi connectivity index (χ0) is 19.4. The van der Waals surface area contributed by atoms with Crippen molar-refractivity contribution in [3.63, 3.8) is 0 Å². The minimum atomic E-state index is -2.97. The van der Waals surface area contributed by atoms with Gasteiger partial charge < -0.3 is 24.8 Å². The zero-order valence-corrected chi connectivity index (χ0v) is 17.9. The highest BCUT2D eigenvalue weighted by Crippen LogP contribution is 2.33. The number of para-hydroxylation sites is 1. The minimum Gasteiger partial charge on any atom is -0.490 e. The molecule has 27 heavy (non-hydrogen) atoms. The molecule has 0 spiro atoms. The van der Waals surface area contributed by atoms with Crippen molar-refractivity contribution in [1.82, 2.24) is 10.6 Å². The van der Waals surface area contributed by atoms with Gasteiger partial charge in [-0.2, -0.15) is 8.78 Å². The number of methoxy groups -OCH3 is 1. The molecule has 154 valence electrons. The number of carbonyl (C=O) groups is 1. The van der Waals surface area contributed by atoms with Crippen LogP contribution in [0.15, 0.2) is 23.2 Å². The Balaban J connectivity index is 0.00000676. The van der Waals surface area contributed by atoms with Gasteiger partial charge >= 0.3 is 12.6 Å². The van der Waals surface area contributed by atoms with E-state index < -0.39 is 6.61 Å². The number of alkyl halides is 2. The van der Waals surface area contributed by atoms with Crippen LogP contribution in [-0.4, -0.2) is 45.3 Å². The van der Waals surface area contributed by atoms with Gasteiger partial charge in [0.25, 0.3) is 0 Å². The van der Waals surface area contributed by atoms with Gasteiger partial charge in [0.2, 0.25) is 0 Å². The van der Waals surface area contributed by atoms with Gasteiger partial charge in [0.1, 0.15) is 0 Å². The van der Waals surface area contributed by atoms with Crippen molar-refractivity contribution in [3.05, 3.63) is 23.8 Å². The Morgan fingerprint density at radius 3 is 2.59 bits per heavy atom. The number of esters is 1. The monoisotopic (exact) mass is 501 g/mol. The van der Waals surface area contributed by atoms with E-state index in [0.29, 0.717) is 31.2 Å². The van der Waals surface area contributed by atoms with Gasteiger partial charge in [-0.1, -0.05) is 12.1 Å². The van der Waals surface area contributed by atoms with Gasteiger partial charge in [-0.05, 0) is 19.9 Å². The number of guanidine groups is 1. The first kappa shape index (κ1) is 25.1. The maximum Gasteiger partial charge on any atom is 0.387 e. The first-order valence-electron chi connectivity index (χ1n) is 8.30. The van der Waals surface area contributed by atoms with E-state index in [2.05, 4.69) is 25.1 Å². The SMILES string of the molecule is CCNC(=NCc1cccc(OCC)c1OC(F)F)NCCC(=O)OC.I. The minimum absolute atomic E-state index is 0. The highest BCUT2D eigenvalue weighted by Gasteiger charge is 2.15. The predicted octanol–water partition coefficient (Wildman–Crippen LogP) is 2.92. The maximum atomic E-state index is 12.7. The van der Waals surface area contributed by atoms with Gasteiger partial charge in [0.05, 0.1) is 26.7 Å². The van der Waals surface area contributed by atoms with E-state index in [-0.39, 0.29) is 54.4 Å². The summed E-state index contributed by atoms with van der Waals surface area (Å²) in [6.07, 6.45) is 0.181. The van der Waals surface area contributed by atoms with Crippen LogP contribution in [0, 0.1) is 0 Å². The molecule has 7 nitrogen and oxygen atoms in total. The lowest BCUT2D eigenvalue weighted by Crippen LogP contribution is -2.38. The quantitative estimate of drug-likeness (QED) is 0.222. The number of carbonyl (C=O) groups excluding carboxylic acids is 1. The second-order valence-electron chi connectivity index (χ2n) is 5.00. The Morgan fingerprint density at radius 2 is 2.00 bits per heavy atom. The Labute approximate surface area is 174 Å². The average Bonchev–Trinajstić information content (AvgIpc) is 2.61. The number of rotatable bonds is 10. The summed E-state index contributed by atoms with van der Waals surface area (Å²) >= 11 is 0. The third-order valence-corrected chi connectivity index (χ3v) is 3.17. The second-order valence-corrected chi connectivity index (χ2v) is 5.00. The number of ether oxygens (including phenoxy) is 3. The molecule has 0 aliphatic heterocycles. The van der Waals surface area contributed by atoms with Crippen molar-refractivity contribution in [1.29, 1.82) is 0 Å². The number of aliphatic imine (C=N–C) groups is 1. The molecule has 0 bridgehead atoms. The summed E-state index contributed by atoms with van der Waals surface area (Å²) in [5, 5.41) is 5.99. The van der Waals surface area contributed by atoms with Gasteiger partial charge in [0, 0.05) is 18.7 Å². The van der Waals surface area contributed by atoms with Crippen LogP contribution in [0.4, 0.5) is 8.78 Å². The van der Waals surface area contributed by atoms with E-state index in [4.69, 9.17) is 4.74 Å². The molecule has 0 aliphatic carbocycles. The smallest absolute Gasteiger partial charge is 0.387 e. The molecule has 0 fully saturated rings. The molecule has 2 N–H and O–H groups in total. The van der Waals surface area contributed by atoms with Crippen LogP contribution in [0.3, 0.4) is 0 Å². The Morgan fingerprint density at radius 1 is 1.26 bits per heavy atom. The van der Waals surface area contributed by atoms with E-state index in [1.54, 1.807) is 25.1 Å². The van der Waals surface area contributed by atoms with Crippen LogP contribution < -0.4 is 20.1 Å². The van der Waals surface area contributed by atoms with E-state index in [9.17, 15) is 13.6 Å². The molecule has 0 amide bonds. The Bertz CT molecular complexity index is 604. The molecule has 10 heteroatoms. The van der Waals surface area contributed by atoms with Crippen molar-refractivity contribution >= 4 is 35.9 Å². The number of hydrogen-bond donors (Lipinski definition) is 2. The molecular weight excluding hydrogens is 475 g/mol. The highest BCUT2D eigenvalue weighted by molar-refractivity contribution is 14.0. The normalized spacial score (nSPS) is 10.8. The average molecular weight is 501 g/mol. The van der Waals surface area contributed by atoms with Crippen LogP contribution >= 0.6 is 24.0 Å².